The van der Waals surface area contributed by atoms with Crippen LogP contribution in [0.15, 0.2) is 22.8 Å². The minimum atomic E-state index is -3.19. The van der Waals surface area contributed by atoms with Gasteiger partial charge < -0.3 is 9.15 Å². The van der Waals surface area contributed by atoms with E-state index in [-0.39, 0.29) is 12.6 Å². The van der Waals surface area contributed by atoms with Crippen LogP contribution in [0.2, 0.25) is 0 Å². The molecule has 80 valence electrons. The van der Waals surface area contributed by atoms with Gasteiger partial charge in [0.15, 0.2) is 0 Å². The highest BCUT2D eigenvalue weighted by Gasteiger charge is 2.14. The molecule has 0 aliphatic rings. The topological polar surface area (TPSA) is 68.5 Å². The predicted octanol–water partition coefficient (Wildman–Crippen LogP) is 0.516. The van der Waals surface area contributed by atoms with E-state index in [1.165, 1.54) is 13.4 Å². The maximum absolute atomic E-state index is 10.8. The highest BCUT2D eigenvalue weighted by molar-refractivity contribution is 7.88. The molecule has 0 aliphatic carbocycles. The quantitative estimate of drug-likeness (QED) is 0.783. The van der Waals surface area contributed by atoms with Gasteiger partial charge >= 0.3 is 0 Å². The van der Waals surface area contributed by atoms with Gasteiger partial charge in [-0.3, -0.25) is 0 Å². The van der Waals surface area contributed by atoms with E-state index in [4.69, 9.17) is 9.15 Å². The van der Waals surface area contributed by atoms with Crippen LogP contribution in [-0.4, -0.2) is 28.3 Å². The highest BCUT2D eigenvalue weighted by Crippen LogP contribution is 2.15. The van der Waals surface area contributed by atoms with Gasteiger partial charge in [-0.2, -0.15) is 0 Å². The second-order valence-electron chi connectivity index (χ2n) is 2.86. The van der Waals surface area contributed by atoms with Crippen molar-refractivity contribution in [3.63, 3.8) is 0 Å². The van der Waals surface area contributed by atoms with Crippen molar-refractivity contribution in [2.45, 2.75) is 6.10 Å². The summed E-state index contributed by atoms with van der Waals surface area (Å²) in [5, 5.41) is 0. The first kappa shape index (κ1) is 11.2. The summed E-state index contributed by atoms with van der Waals surface area (Å²) in [6.45, 7) is 0.169. The summed E-state index contributed by atoms with van der Waals surface area (Å²) >= 11 is 0. The maximum Gasteiger partial charge on any atom is 0.208 e. The molecule has 0 spiro atoms. The molecule has 5 nitrogen and oxygen atoms in total. The number of rotatable bonds is 5. The zero-order valence-corrected chi connectivity index (χ0v) is 8.87. The smallest absolute Gasteiger partial charge is 0.208 e. The Hall–Kier alpha value is -0.850. The van der Waals surface area contributed by atoms with Crippen LogP contribution in [-0.2, 0) is 14.8 Å². The molecule has 1 atom stereocenters. The SMILES string of the molecule is CO[C@H](CNS(C)(=O)=O)c1ccco1. The summed E-state index contributed by atoms with van der Waals surface area (Å²) in [5.41, 5.74) is 0. The van der Waals surface area contributed by atoms with Crippen LogP contribution in [0.3, 0.4) is 0 Å². The van der Waals surface area contributed by atoms with E-state index >= 15 is 0 Å². The van der Waals surface area contributed by atoms with E-state index in [2.05, 4.69) is 4.72 Å². The van der Waals surface area contributed by atoms with Crippen LogP contribution in [0.25, 0.3) is 0 Å². The van der Waals surface area contributed by atoms with Gasteiger partial charge in [-0.15, -0.1) is 0 Å². The van der Waals surface area contributed by atoms with Crippen molar-refractivity contribution in [1.29, 1.82) is 0 Å². The molecule has 14 heavy (non-hydrogen) atoms. The zero-order chi connectivity index (χ0) is 10.6. The van der Waals surface area contributed by atoms with Crippen LogP contribution >= 0.6 is 0 Å². The molecule has 0 bridgehead atoms. The fraction of sp³-hybridized carbons (Fsp3) is 0.500. The Morgan fingerprint density at radius 2 is 2.36 bits per heavy atom. The van der Waals surface area contributed by atoms with Gasteiger partial charge in [0.25, 0.3) is 0 Å². The van der Waals surface area contributed by atoms with E-state index in [1.54, 1.807) is 12.1 Å². The third-order valence-corrected chi connectivity index (χ3v) is 2.37. The lowest BCUT2D eigenvalue weighted by atomic mass is 10.3. The fourth-order valence-corrected chi connectivity index (χ4v) is 1.46. The molecule has 0 unspecified atom stereocenters. The zero-order valence-electron chi connectivity index (χ0n) is 8.06. The second-order valence-corrected chi connectivity index (χ2v) is 4.69. The first-order chi connectivity index (χ1) is 6.53. The van der Waals surface area contributed by atoms with E-state index in [0.29, 0.717) is 5.76 Å². The van der Waals surface area contributed by atoms with Gasteiger partial charge in [-0.25, -0.2) is 13.1 Å². The van der Waals surface area contributed by atoms with E-state index in [1.807, 2.05) is 0 Å². The molecule has 1 rings (SSSR count). The largest absolute Gasteiger partial charge is 0.467 e. The van der Waals surface area contributed by atoms with Crippen molar-refractivity contribution >= 4 is 10.0 Å². The van der Waals surface area contributed by atoms with Crippen LogP contribution < -0.4 is 4.72 Å². The number of nitrogens with one attached hydrogen (secondary N) is 1. The summed E-state index contributed by atoms with van der Waals surface area (Å²) in [5.74, 6) is 0.601. The van der Waals surface area contributed by atoms with E-state index in [9.17, 15) is 8.42 Å². The number of methoxy groups -OCH3 is 1. The van der Waals surface area contributed by atoms with Crippen LogP contribution in [0.4, 0.5) is 0 Å². The minimum Gasteiger partial charge on any atom is -0.467 e. The highest BCUT2D eigenvalue weighted by atomic mass is 32.2. The van der Waals surface area contributed by atoms with Crippen LogP contribution in [0.1, 0.15) is 11.9 Å². The number of sulfonamides is 1. The molecular weight excluding hydrogens is 206 g/mol. The van der Waals surface area contributed by atoms with Crippen molar-refractivity contribution in [2.24, 2.45) is 0 Å². The average molecular weight is 219 g/mol. The Bertz CT molecular complexity index is 357. The molecule has 0 amide bonds. The summed E-state index contributed by atoms with van der Waals surface area (Å²) in [6, 6.07) is 3.46. The summed E-state index contributed by atoms with van der Waals surface area (Å²) < 4.78 is 34.2. The van der Waals surface area contributed by atoms with E-state index in [0.717, 1.165) is 6.26 Å². The molecule has 0 aromatic carbocycles. The molecule has 0 saturated heterocycles. The molecule has 1 aromatic rings. The van der Waals surface area contributed by atoms with Crippen molar-refractivity contribution in [2.75, 3.05) is 19.9 Å². The lowest BCUT2D eigenvalue weighted by molar-refractivity contribution is 0.0879. The molecule has 1 aromatic heterocycles. The molecule has 0 saturated carbocycles. The van der Waals surface area contributed by atoms with Gasteiger partial charge in [0.2, 0.25) is 10.0 Å². The standard InChI is InChI=1S/C8H13NO4S/c1-12-8(6-9-14(2,10)11)7-4-3-5-13-7/h3-5,8-9H,6H2,1-2H3/t8-/m1/s1. The fourth-order valence-electron chi connectivity index (χ4n) is 1.00. The molecule has 0 fully saturated rings. The number of hydrogen-bond acceptors (Lipinski definition) is 4. The normalized spacial score (nSPS) is 14.1. The van der Waals surface area contributed by atoms with Crippen molar-refractivity contribution < 1.29 is 17.6 Å². The average Bonchev–Trinajstić information content (AvgIpc) is 2.56. The first-order valence-electron chi connectivity index (χ1n) is 4.04. The van der Waals surface area contributed by atoms with Crippen LogP contribution in [0.5, 0.6) is 0 Å². The Labute approximate surface area is 83.1 Å². The van der Waals surface area contributed by atoms with Gasteiger partial charge in [0.05, 0.1) is 12.5 Å². The molecular formula is C8H13NO4S. The lowest BCUT2D eigenvalue weighted by Gasteiger charge is -2.12. The van der Waals surface area contributed by atoms with Gasteiger partial charge in [0, 0.05) is 13.7 Å². The minimum absolute atomic E-state index is 0.169. The number of hydrogen-bond donors (Lipinski definition) is 1. The monoisotopic (exact) mass is 219 g/mol. The Kier molecular flexibility index (Phi) is 3.68. The Morgan fingerprint density at radius 1 is 1.64 bits per heavy atom. The van der Waals surface area contributed by atoms with Crippen LogP contribution in [0, 0.1) is 0 Å². The molecule has 1 heterocycles. The summed E-state index contributed by atoms with van der Waals surface area (Å²) in [6.07, 6.45) is 2.23. The molecule has 0 aliphatic heterocycles. The second kappa shape index (κ2) is 4.59. The summed E-state index contributed by atoms with van der Waals surface area (Å²) in [7, 11) is -1.69. The van der Waals surface area contributed by atoms with E-state index < -0.39 is 10.0 Å². The van der Waals surface area contributed by atoms with Crippen molar-refractivity contribution in [3.05, 3.63) is 24.2 Å². The molecule has 0 radical (unpaired) electrons. The molecule has 6 heteroatoms. The first-order valence-corrected chi connectivity index (χ1v) is 5.93. The third kappa shape index (κ3) is 3.49. The third-order valence-electron chi connectivity index (χ3n) is 1.68. The Balaban J connectivity index is 2.57. The number of ether oxygens (including phenoxy) is 1. The lowest BCUT2D eigenvalue weighted by Crippen LogP contribution is -2.27. The van der Waals surface area contributed by atoms with Crippen molar-refractivity contribution in [1.82, 2.24) is 4.72 Å². The summed E-state index contributed by atoms with van der Waals surface area (Å²) in [4.78, 5) is 0. The molecule has 1 N–H and O–H groups in total. The van der Waals surface area contributed by atoms with Crippen molar-refractivity contribution in [3.8, 4) is 0 Å². The predicted molar refractivity (Wildman–Crippen MR) is 51.3 cm³/mol. The van der Waals surface area contributed by atoms with Gasteiger partial charge in [0.1, 0.15) is 11.9 Å². The number of furan rings is 1. The Morgan fingerprint density at radius 3 is 2.79 bits per heavy atom. The maximum atomic E-state index is 10.8. The van der Waals surface area contributed by atoms with Gasteiger partial charge in [-0.05, 0) is 12.1 Å². The van der Waals surface area contributed by atoms with Gasteiger partial charge in [-0.1, -0.05) is 0 Å².